The Bertz CT molecular complexity index is 616. The fraction of sp³-hybridized carbons (Fsp3) is 0.333. The lowest BCUT2D eigenvalue weighted by atomic mass is 10.2. The number of hydrogen-bond donors (Lipinski definition) is 2. The molecule has 0 atom stereocenters. The SMILES string of the molecule is CC(=O)Nc1cccc(-n2cc(C)nc2NC(C)C)c1. The van der Waals surface area contributed by atoms with E-state index in [0.717, 1.165) is 23.0 Å². The molecule has 0 saturated heterocycles. The summed E-state index contributed by atoms with van der Waals surface area (Å²) in [5, 5.41) is 6.11. The third-order valence-corrected chi connectivity index (χ3v) is 2.69. The van der Waals surface area contributed by atoms with Crippen molar-refractivity contribution in [3.05, 3.63) is 36.2 Å². The molecular formula is C15H20N4O. The van der Waals surface area contributed by atoms with E-state index < -0.39 is 0 Å². The molecule has 1 aromatic heterocycles. The van der Waals surface area contributed by atoms with Gasteiger partial charge in [-0.1, -0.05) is 6.07 Å². The van der Waals surface area contributed by atoms with Gasteiger partial charge in [-0.15, -0.1) is 0 Å². The van der Waals surface area contributed by atoms with E-state index in [1.807, 2.05) is 42.0 Å². The van der Waals surface area contributed by atoms with Crippen LogP contribution in [-0.2, 0) is 4.79 Å². The second kappa shape index (κ2) is 5.77. The number of anilines is 2. The van der Waals surface area contributed by atoms with Gasteiger partial charge in [-0.05, 0) is 39.0 Å². The first-order valence-corrected chi connectivity index (χ1v) is 6.66. The lowest BCUT2D eigenvalue weighted by molar-refractivity contribution is -0.114. The monoisotopic (exact) mass is 272 g/mol. The molecule has 0 unspecified atom stereocenters. The summed E-state index contributed by atoms with van der Waals surface area (Å²) >= 11 is 0. The third-order valence-electron chi connectivity index (χ3n) is 2.69. The molecule has 0 bridgehead atoms. The van der Waals surface area contributed by atoms with Gasteiger partial charge >= 0.3 is 0 Å². The highest BCUT2D eigenvalue weighted by molar-refractivity contribution is 5.88. The van der Waals surface area contributed by atoms with Crippen LogP contribution in [-0.4, -0.2) is 21.5 Å². The largest absolute Gasteiger partial charge is 0.353 e. The van der Waals surface area contributed by atoms with Crippen LogP contribution in [0, 0.1) is 6.92 Å². The zero-order valence-corrected chi connectivity index (χ0v) is 12.3. The van der Waals surface area contributed by atoms with E-state index >= 15 is 0 Å². The second-order valence-corrected chi connectivity index (χ2v) is 5.11. The van der Waals surface area contributed by atoms with Gasteiger partial charge in [0.05, 0.1) is 11.4 Å². The predicted octanol–water partition coefficient (Wildman–Crippen LogP) is 2.96. The average molecular weight is 272 g/mol. The lowest BCUT2D eigenvalue weighted by Gasteiger charge is -2.13. The summed E-state index contributed by atoms with van der Waals surface area (Å²) in [5.74, 6) is 0.724. The van der Waals surface area contributed by atoms with Crippen molar-refractivity contribution in [3.63, 3.8) is 0 Å². The quantitative estimate of drug-likeness (QED) is 0.899. The summed E-state index contributed by atoms with van der Waals surface area (Å²) in [5.41, 5.74) is 2.68. The van der Waals surface area contributed by atoms with Crippen LogP contribution in [0.4, 0.5) is 11.6 Å². The van der Waals surface area contributed by atoms with E-state index in [1.54, 1.807) is 0 Å². The zero-order valence-electron chi connectivity index (χ0n) is 12.3. The molecule has 0 fully saturated rings. The van der Waals surface area contributed by atoms with Gasteiger partial charge in [0.2, 0.25) is 11.9 Å². The number of carbonyl (C=O) groups is 1. The summed E-state index contributed by atoms with van der Waals surface area (Å²) in [6, 6.07) is 7.99. The van der Waals surface area contributed by atoms with E-state index in [0.29, 0.717) is 6.04 Å². The van der Waals surface area contributed by atoms with Crippen molar-refractivity contribution in [2.75, 3.05) is 10.6 Å². The maximum absolute atomic E-state index is 11.1. The molecule has 5 heteroatoms. The van der Waals surface area contributed by atoms with Crippen molar-refractivity contribution in [1.82, 2.24) is 9.55 Å². The Kier molecular flexibility index (Phi) is 4.08. The number of amides is 1. The first-order chi connectivity index (χ1) is 9.45. The van der Waals surface area contributed by atoms with Crippen molar-refractivity contribution in [1.29, 1.82) is 0 Å². The molecule has 0 aliphatic carbocycles. The first kappa shape index (κ1) is 14.1. The predicted molar refractivity (Wildman–Crippen MR) is 81.4 cm³/mol. The van der Waals surface area contributed by atoms with Crippen molar-refractivity contribution >= 4 is 17.5 Å². The molecular weight excluding hydrogens is 252 g/mol. The summed E-state index contributed by atoms with van der Waals surface area (Å²) in [4.78, 5) is 15.6. The molecule has 1 aromatic carbocycles. The Morgan fingerprint density at radius 1 is 1.35 bits per heavy atom. The minimum absolute atomic E-state index is 0.0792. The Hall–Kier alpha value is -2.30. The number of nitrogens with one attached hydrogen (secondary N) is 2. The van der Waals surface area contributed by atoms with Crippen LogP contribution >= 0.6 is 0 Å². The molecule has 20 heavy (non-hydrogen) atoms. The number of benzene rings is 1. The summed E-state index contributed by atoms with van der Waals surface area (Å²) < 4.78 is 1.99. The van der Waals surface area contributed by atoms with Gasteiger partial charge in [0.15, 0.2) is 0 Å². The topological polar surface area (TPSA) is 59.0 Å². The van der Waals surface area contributed by atoms with E-state index in [2.05, 4.69) is 29.5 Å². The fourth-order valence-electron chi connectivity index (χ4n) is 1.99. The van der Waals surface area contributed by atoms with Crippen molar-refractivity contribution < 1.29 is 4.79 Å². The maximum atomic E-state index is 11.1. The van der Waals surface area contributed by atoms with Crippen molar-refractivity contribution in [2.24, 2.45) is 0 Å². The Morgan fingerprint density at radius 2 is 2.10 bits per heavy atom. The zero-order chi connectivity index (χ0) is 14.7. The van der Waals surface area contributed by atoms with Crippen molar-refractivity contribution in [2.45, 2.75) is 33.7 Å². The second-order valence-electron chi connectivity index (χ2n) is 5.11. The standard InChI is InChI=1S/C15H20N4O/c1-10(2)16-15-17-11(3)9-19(15)14-7-5-6-13(8-14)18-12(4)20/h5-10H,1-4H3,(H,16,17)(H,18,20). The molecule has 1 heterocycles. The molecule has 1 amide bonds. The molecule has 106 valence electrons. The van der Waals surface area contributed by atoms with Crippen LogP contribution in [0.3, 0.4) is 0 Å². The van der Waals surface area contributed by atoms with Crippen LogP contribution in [0.25, 0.3) is 5.69 Å². The molecule has 5 nitrogen and oxygen atoms in total. The minimum atomic E-state index is -0.0792. The molecule has 0 aliphatic heterocycles. The number of hydrogen-bond acceptors (Lipinski definition) is 3. The highest BCUT2D eigenvalue weighted by Gasteiger charge is 2.09. The van der Waals surface area contributed by atoms with E-state index in [9.17, 15) is 4.79 Å². The lowest BCUT2D eigenvalue weighted by Crippen LogP contribution is -2.14. The van der Waals surface area contributed by atoms with Crippen molar-refractivity contribution in [3.8, 4) is 5.69 Å². The van der Waals surface area contributed by atoms with Gasteiger partial charge in [0.25, 0.3) is 0 Å². The fourth-order valence-corrected chi connectivity index (χ4v) is 1.99. The number of nitrogens with zero attached hydrogens (tertiary/aromatic N) is 2. The van der Waals surface area contributed by atoms with Gasteiger partial charge < -0.3 is 10.6 Å². The average Bonchev–Trinajstić information content (AvgIpc) is 2.68. The van der Waals surface area contributed by atoms with Crippen LogP contribution in [0.1, 0.15) is 26.5 Å². The van der Waals surface area contributed by atoms with Gasteiger partial charge in [-0.3, -0.25) is 9.36 Å². The van der Waals surface area contributed by atoms with Crippen LogP contribution in [0.15, 0.2) is 30.5 Å². The van der Waals surface area contributed by atoms with E-state index in [-0.39, 0.29) is 5.91 Å². The molecule has 0 saturated carbocycles. The third kappa shape index (κ3) is 3.38. The Morgan fingerprint density at radius 3 is 2.75 bits per heavy atom. The van der Waals surface area contributed by atoms with Crippen LogP contribution in [0.5, 0.6) is 0 Å². The van der Waals surface area contributed by atoms with Crippen LogP contribution < -0.4 is 10.6 Å². The summed E-state index contributed by atoms with van der Waals surface area (Å²) in [6.07, 6.45) is 1.97. The van der Waals surface area contributed by atoms with E-state index in [1.165, 1.54) is 6.92 Å². The van der Waals surface area contributed by atoms with Crippen LogP contribution in [0.2, 0.25) is 0 Å². The number of rotatable bonds is 4. The number of aromatic nitrogens is 2. The number of imidazole rings is 1. The van der Waals surface area contributed by atoms with Gasteiger partial charge in [0.1, 0.15) is 0 Å². The Labute approximate surface area is 119 Å². The smallest absolute Gasteiger partial charge is 0.221 e. The molecule has 0 aliphatic rings. The molecule has 2 rings (SSSR count). The highest BCUT2D eigenvalue weighted by Crippen LogP contribution is 2.20. The van der Waals surface area contributed by atoms with Gasteiger partial charge in [0, 0.05) is 24.8 Å². The number of carbonyl (C=O) groups excluding carboxylic acids is 1. The Balaban J connectivity index is 2.38. The first-order valence-electron chi connectivity index (χ1n) is 6.66. The van der Waals surface area contributed by atoms with E-state index in [4.69, 9.17) is 0 Å². The number of aryl methyl sites for hydroxylation is 1. The molecule has 2 N–H and O–H groups in total. The molecule has 0 spiro atoms. The summed E-state index contributed by atoms with van der Waals surface area (Å²) in [7, 11) is 0. The highest BCUT2D eigenvalue weighted by atomic mass is 16.1. The van der Waals surface area contributed by atoms with Gasteiger partial charge in [-0.2, -0.15) is 0 Å². The minimum Gasteiger partial charge on any atom is -0.353 e. The summed E-state index contributed by atoms with van der Waals surface area (Å²) in [6.45, 7) is 7.60. The normalized spacial score (nSPS) is 10.7. The molecule has 2 aromatic rings. The van der Waals surface area contributed by atoms with Gasteiger partial charge in [-0.25, -0.2) is 4.98 Å². The maximum Gasteiger partial charge on any atom is 0.221 e. The molecule has 0 radical (unpaired) electrons.